The first-order valence-electron chi connectivity index (χ1n) is 10.9. The summed E-state index contributed by atoms with van der Waals surface area (Å²) in [6.07, 6.45) is 0.369. The quantitative estimate of drug-likeness (QED) is 0.435. The topological polar surface area (TPSA) is 48.9 Å². The maximum Gasteiger partial charge on any atom is 0.411 e. The summed E-state index contributed by atoms with van der Waals surface area (Å²) in [5.74, 6) is 0.781. The van der Waals surface area contributed by atoms with E-state index in [2.05, 4.69) is 27.4 Å². The van der Waals surface area contributed by atoms with Crippen LogP contribution in [0.15, 0.2) is 29.3 Å². The van der Waals surface area contributed by atoms with Crippen molar-refractivity contribution in [3.63, 3.8) is 0 Å². The summed E-state index contributed by atoms with van der Waals surface area (Å²) in [4.78, 5) is 7.19. The Kier molecular flexibility index (Phi) is 10.4. The molecule has 1 aromatic rings. The number of nitrogens with zero attached hydrogens (tertiary/aromatic N) is 2. The van der Waals surface area contributed by atoms with E-state index in [1.807, 2.05) is 25.1 Å². The van der Waals surface area contributed by atoms with Gasteiger partial charge in [-0.05, 0) is 43.9 Å². The van der Waals surface area contributed by atoms with E-state index in [4.69, 9.17) is 4.74 Å². The summed E-state index contributed by atoms with van der Waals surface area (Å²) in [5, 5.41) is 6.82. The number of ether oxygens (including phenoxy) is 1. The monoisotopic (exact) mass is 428 g/mol. The van der Waals surface area contributed by atoms with Crippen LogP contribution >= 0.6 is 0 Å². The van der Waals surface area contributed by atoms with Crippen molar-refractivity contribution in [2.75, 3.05) is 32.8 Å². The van der Waals surface area contributed by atoms with E-state index in [9.17, 15) is 13.2 Å². The maximum atomic E-state index is 12.2. The lowest BCUT2D eigenvalue weighted by atomic mass is 10.0. The molecule has 1 aliphatic rings. The van der Waals surface area contributed by atoms with E-state index < -0.39 is 12.8 Å². The van der Waals surface area contributed by atoms with Crippen molar-refractivity contribution in [3.8, 4) is 0 Å². The number of halogens is 3. The number of likely N-dealkylation sites (tertiary alicyclic amines) is 1. The summed E-state index contributed by atoms with van der Waals surface area (Å²) >= 11 is 0. The van der Waals surface area contributed by atoms with Crippen molar-refractivity contribution in [1.82, 2.24) is 15.5 Å². The highest BCUT2D eigenvalue weighted by atomic mass is 19.4. The van der Waals surface area contributed by atoms with Gasteiger partial charge in [0.2, 0.25) is 0 Å². The van der Waals surface area contributed by atoms with Crippen LogP contribution in [0.2, 0.25) is 0 Å². The Morgan fingerprint density at radius 2 is 1.93 bits per heavy atom. The number of guanidine groups is 1. The molecule has 8 heteroatoms. The number of rotatable bonds is 10. The highest BCUT2D eigenvalue weighted by Crippen LogP contribution is 2.16. The van der Waals surface area contributed by atoms with Gasteiger partial charge in [0.1, 0.15) is 6.61 Å². The summed E-state index contributed by atoms with van der Waals surface area (Å²) in [5.41, 5.74) is 1.65. The molecule has 2 N–H and O–H groups in total. The number of aliphatic imine (C=N–C) groups is 1. The predicted octanol–water partition coefficient (Wildman–Crippen LogP) is 4.09. The first kappa shape index (κ1) is 24.5. The number of hydrogen-bond acceptors (Lipinski definition) is 3. The lowest BCUT2D eigenvalue weighted by Crippen LogP contribution is -2.48. The molecule has 0 aromatic heterocycles. The number of hydrogen-bond donors (Lipinski definition) is 2. The van der Waals surface area contributed by atoms with Crippen LogP contribution in [0.1, 0.15) is 50.7 Å². The molecule has 170 valence electrons. The fourth-order valence-electron chi connectivity index (χ4n) is 3.47. The minimum atomic E-state index is -4.31. The van der Waals surface area contributed by atoms with E-state index in [0.717, 1.165) is 44.0 Å². The van der Waals surface area contributed by atoms with Crippen LogP contribution in [-0.2, 0) is 17.9 Å². The third kappa shape index (κ3) is 9.80. The second-order valence-electron chi connectivity index (χ2n) is 7.74. The third-order valence-electron chi connectivity index (χ3n) is 5.05. The molecular weight excluding hydrogens is 393 g/mol. The summed E-state index contributed by atoms with van der Waals surface area (Å²) in [6, 6.07) is 7.76. The van der Waals surface area contributed by atoms with Crippen LogP contribution < -0.4 is 10.6 Å². The highest BCUT2D eigenvalue weighted by molar-refractivity contribution is 5.80. The molecule has 1 heterocycles. The molecule has 5 nitrogen and oxygen atoms in total. The van der Waals surface area contributed by atoms with Gasteiger partial charge in [0.25, 0.3) is 0 Å². The van der Waals surface area contributed by atoms with E-state index in [1.165, 1.54) is 19.4 Å². The molecule has 1 aromatic carbocycles. The molecule has 0 bridgehead atoms. The molecule has 1 aliphatic heterocycles. The summed E-state index contributed by atoms with van der Waals surface area (Å²) < 4.78 is 41.4. The maximum absolute atomic E-state index is 12.2. The molecule has 0 unspecified atom stereocenters. The zero-order valence-electron chi connectivity index (χ0n) is 18.1. The first-order chi connectivity index (χ1) is 14.4. The Morgan fingerprint density at radius 3 is 2.60 bits per heavy atom. The normalized spacial score (nSPS) is 16.6. The number of piperidine rings is 1. The van der Waals surface area contributed by atoms with Crippen LogP contribution in [0.25, 0.3) is 0 Å². The lowest BCUT2D eigenvalue weighted by molar-refractivity contribution is -0.176. The molecule has 0 aliphatic carbocycles. The Balaban J connectivity index is 1.85. The van der Waals surface area contributed by atoms with Gasteiger partial charge in [0.05, 0.1) is 13.2 Å². The Labute approximate surface area is 178 Å². The fourth-order valence-corrected chi connectivity index (χ4v) is 3.47. The van der Waals surface area contributed by atoms with Crippen molar-refractivity contribution in [3.05, 3.63) is 35.4 Å². The van der Waals surface area contributed by atoms with Crippen LogP contribution in [0.3, 0.4) is 0 Å². The van der Waals surface area contributed by atoms with Crippen molar-refractivity contribution in [2.24, 2.45) is 4.99 Å². The molecule has 0 spiro atoms. The number of nitrogens with one attached hydrogen (secondary N) is 2. The molecule has 0 radical (unpaired) electrons. The van der Waals surface area contributed by atoms with Crippen molar-refractivity contribution >= 4 is 5.96 Å². The summed E-state index contributed by atoms with van der Waals surface area (Å²) in [6.45, 7) is 7.58. The molecule has 30 heavy (non-hydrogen) atoms. The molecular formula is C22H35F3N4O. The van der Waals surface area contributed by atoms with E-state index in [-0.39, 0.29) is 6.61 Å². The van der Waals surface area contributed by atoms with E-state index in [1.54, 1.807) is 6.07 Å². The van der Waals surface area contributed by atoms with Gasteiger partial charge in [-0.15, -0.1) is 0 Å². The fraction of sp³-hybridized carbons (Fsp3) is 0.682. The number of alkyl halides is 3. The molecule has 0 atom stereocenters. The van der Waals surface area contributed by atoms with Crippen LogP contribution in [0.5, 0.6) is 0 Å². The van der Waals surface area contributed by atoms with Crippen LogP contribution in [0.4, 0.5) is 13.2 Å². The average molecular weight is 429 g/mol. The van der Waals surface area contributed by atoms with Crippen molar-refractivity contribution < 1.29 is 17.9 Å². The zero-order valence-corrected chi connectivity index (χ0v) is 18.1. The van der Waals surface area contributed by atoms with E-state index >= 15 is 0 Å². The number of benzene rings is 1. The zero-order chi connectivity index (χ0) is 21.8. The molecule has 1 saturated heterocycles. The smallest absolute Gasteiger partial charge is 0.367 e. The third-order valence-corrected chi connectivity index (χ3v) is 5.05. The second kappa shape index (κ2) is 12.8. The average Bonchev–Trinajstić information content (AvgIpc) is 2.71. The second-order valence-corrected chi connectivity index (χ2v) is 7.74. The molecule has 0 amide bonds. The molecule has 1 fully saturated rings. The predicted molar refractivity (Wildman–Crippen MR) is 114 cm³/mol. The lowest BCUT2D eigenvalue weighted by Gasteiger charge is -2.33. The van der Waals surface area contributed by atoms with Gasteiger partial charge < -0.3 is 20.3 Å². The van der Waals surface area contributed by atoms with Crippen molar-refractivity contribution in [1.29, 1.82) is 0 Å². The minimum absolute atomic E-state index is 0.0635. The van der Waals surface area contributed by atoms with Crippen molar-refractivity contribution in [2.45, 2.75) is 64.9 Å². The molecule has 0 saturated carbocycles. The van der Waals surface area contributed by atoms with Crippen LogP contribution in [0, 0.1) is 0 Å². The van der Waals surface area contributed by atoms with E-state index in [0.29, 0.717) is 18.2 Å². The first-order valence-corrected chi connectivity index (χ1v) is 10.9. The van der Waals surface area contributed by atoms with Gasteiger partial charge in [-0.1, -0.05) is 37.6 Å². The van der Waals surface area contributed by atoms with Gasteiger partial charge in [-0.3, -0.25) is 0 Å². The Hall–Kier alpha value is -1.80. The minimum Gasteiger partial charge on any atom is -0.367 e. The van der Waals surface area contributed by atoms with Gasteiger partial charge in [0.15, 0.2) is 5.96 Å². The van der Waals surface area contributed by atoms with Gasteiger partial charge in [-0.25, -0.2) is 4.99 Å². The largest absolute Gasteiger partial charge is 0.411 e. The number of unbranched alkanes of at least 4 members (excludes halogenated alkanes) is 1. The Morgan fingerprint density at radius 1 is 1.20 bits per heavy atom. The highest BCUT2D eigenvalue weighted by Gasteiger charge is 2.27. The summed E-state index contributed by atoms with van der Waals surface area (Å²) in [7, 11) is 0. The molecule has 2 rings (SSSR count). The SMILES string of the molecule is CCCCN1CCC(NC(=NCc2cccc(COCC(F)(F)F)c2)NCC)CC1. The van der Waals surface area contributed by atoms with Gasteiger partial charge >= 0.3 is 6.18 Å². The van der Waals surface area contributed by atoms with Gasteiger partial charge in [0, 0.05) is 25.7 Å². The van der Waals surface area contributed by atoms with Crippen LogP contribution in [-0.4, -0.2) is 55.9 Å². The standard InChI is InChI=1S/C22H35F3N4O/c1-3-5-11-29-12-9-20(10-13-29)28-21(26-4-2)27-15-18-7-6-8-19(14-18)16-30-17-22(23,24)25/h6-8,14,20H,3-5,9-13,15-17H2,1-2H3,(H2,26,27,28). The van der Waals surface area contributed by atoms with Gasteiger partial charge in [-0.2, -0.15) is 13.2 Å². The Bertz CT molecular complexity index is 644.